The van der Waals surface area contributed by atoms with Crippen molar-refractivity contribution < 1.29 is 14.7 Å². The Balaban J connectivity index is 2.36. The third-order valence-electron chi connectivity index (χ3n) is 3.35. The van der Waals surface area contributed by atoms with E-state index in [1.807, 2.05) is 6.92 Å². The molecule has 0 fully saturated rings. The Labute approximate surface area is 88.5 Å². The van der Waals surface area contributed by atoms with Crippen molar-refractivity contribution in [3.8, 4) is 0 Å². The van der Waals surface area contributed by atoms with Crippen LogP contribution in [-0.4, -0.2) is 22.3 Å². The van der Waals surface area contributed by atoms with Crippen LogP contribution >= 0.6 is 0 Å². The van der Waals surface area contributed by atoms with Crippen molar-refractivity contribution in [1.29, 1.82) is 0 Å². The van der Waals surface area contributed by atoms with Crippen LogP contribution in [0.2, 0.25) is 0 Å². The van der Waals surface area contributed by atoms with Gasteiger partial charge in [0.25, 0.3) is 0 Å². The Morgan fingerprint density at radius 2 is 1.87 bits per heavy atom. The Morgan fingerprint density at radius 3 is 2.47 bits per heavy atom. The van der Waals surface area contributed by atoms with Crippen LogP contribution in [0.3, 0.4) is 0 Å². The fraction of sp³-hybridized carbons (Fsp3) is 0.500. The molecule has 15 heavy (non-hydrogen) atoms. The maximum atomic E-state index is 11.6. The lowest BCUT2D eigenvalue weighted by molar-refractivity contribution is -0.116. The highest BCUT2D eigenvalue weighted by molar-refractivity contribution is 6.20. The van der Waals surface area contributed by atoms with Crippen LogP contribution in [-0.2, 0) is 9.59 Å². The molecule has 3 nitrogen and oxygen atoms in total. The highest BCUT2D eigenvalue weighted by atomic mass is 16.3. The summed E-state index contributed by atoms with van der Waals surface area (Å²) >= 11 is 0. The lowest BCUT2D eigenvalue weighted by Crippen LogP contribution is -2.35. The third-order valence-corrected chi connectivity index (χ3v) is 3.35. The van der Waals surface area contributed by atoms with Gasteiger partial charge < -0.3 is 5.11 Å². The first-order valence-electron chi connectivity index (χ1n) is 5.27. The lowest BCUT2D eigenvalue weighted by atomic mass is 9.75. The molecule has 0 radical (unpaired) electrons. The third kappa shape index (κ3) is 1.67. The van der Waals surface area contributed by atoms with Crippen LogP contribution < -0.4 is 0 Å². The van der Waals surface area contributed by atoms with Gasteiger partial charge in [0, 0.05) is 17.6 Å². The number of hydrogen-bond donors (Lipinski definition) is 1. The summed E-state index contributed by atoms with van der Waals surface area (Å²) < 4.78 is 0. The maximum absolute atomic E-state index is 11.6. The summed E-state index contributed by atoms with van der Waals surface area (Å²) in [5, 5.41) is 10.1. The van der Waals surface area contributed by atoms with Crippen LogP contribution in [0.1, 0.15) is 32.6 Å². The van der Waals surface area contributed by atoms with Crippen molar-refractivity contribution in [3.05, 3.63) is 23.3 Å². The second kappa shape index (κ2) is 3.42. The van der Waals surface area contributed by atoms with Gasteiger partial charge in [0.2, 0.25) is 0 Å². The summed E-state index contributed by atoms with van der Waals surface area (Å²) in [6.45, 7) is 1.90. The first-order valence-corrected chi connectivity index (χ1v) is 5.27. The minimum absolute atomic E-state index is 0.0669. The average molecular weight is 206 g/mol. The smallest absolute Gasteiger partial charge is 0.182 e. The molecule has 2 aliphatic rings. The number of rotatable bonds is 1. The molecular formula is C12H14O3. The summed E-state index contributed by atoms with van der Waals surface area (Å²) in [6, 6.07) is 0. The van der Waals surface area contributed by atoms with Crippen molar-refractivity contribution in [2.75, 3.05) is 0 Å². The topological polar surface area (TPSA) is 54.4 Å². The van der Waals surface area contributed by atoms with Gasteiger partial charge in [-0.05, 0) is 31.4 Å². The molecule has 80 valence electrons. The quantitative estimate of drug-likeness (QED) is 0.658. The van der Waals surface area contributed by atoms with E-state index in [1.54, 1.807) is 0 Å². The van der Waals surface area contributed by atoms with Crippen LogP contribution in [0.25, 0.3) is 0 Å². The first kappa shape index (κ1) is 10.3. The number of carbonyl (C=O) groups is 2. The molecule has 0 aliphatic heterocycles. The molecule has 0 bridgehead atoms. The van der Waals surface area contributed by atoms with E-state index in [1.165, 1.54) is 12.2 Å². The van der Waals surface area contributed by atoms with Crippen molar-refractivity contribution in [2.24, 2.45) is 0 Å². The Hall–Kier alpha value is -1.22. The first-order chi connectivity index (χ1) is 7.06. The van der Waals surface area contributed by atoms with E-state index >= 15 is 0 Å². The van der Waals surface area contributed by atoms with E-state index in [4.69, 9.17) is 0 Å². The highest BCUT2D eigenvalue weighted by Gasteiger charge is 2.36. The van der Waals surface area contributed by atoms with E-state index in [9.17, 15) is 14.7 Å². The SMILES string of the molecule is CCC1(O)CCC2=C(C1)C(=O)C=CC2=O. The zero-order valence-corrected chi connectivity index (χ0v) is 8.75. The van der Waals surface area contributed by atoms with Gasteiger partial charge in [0.1, 0.15) is 0 Å². The van der Waals surface area contributed by atoms with E-state index in [-0.39, 0.29) is 11.6 Å². The summed E-state index contributed by atoms with van der Waals surface area (Å²) in [5.41, 5.74) is 0.346. The van der Waals surface area contributed by atoms with E-state index in [0.717, 1.165) is 0 Å². The normalized spacial score (nSPS) is 30.8. The Bertz CT molecular complexity index is 390. The van der Waals surface area contributed by atoms with Crippen molar-refractivity contribution >= 4 is 11.6 Å². The predicted octanol–water partition coefficient (Wildman–Crippen LogP) is 1.32. The molecule has 0 aromatic rings. The molecule has 3 heteroatoms. The fourth-order valence-electron chi connectivity index (χ4n) is 2.19. The van der Waals surface area contributed by atoms with Gasteiger partial charge in [-0.2, -0.15) is 0 Å². The predicted molar refractivity (Wildman–Crippen MR) is 55.3 cm³/mol. The Morgan fingerprint density at radius 1 is 1.27 bits per heavy atom. The lowest BCUT2D eigenvalue weighted by Gasteiger charge is -2.33. The van der Waals surface area contributed by atoms with Gasteiger partial charge in [0.15, 0.2) is 11.6 Å². The van der Waals surface area contributed by atoms with Crippen LogP contribution in [0.15, 0.2) is 23.3 Å². The second-order valence-electron chi connectivity index (χ2n) is 4.27. The number of allylic oxidation sites excluding steroid dienone is 3. The summed E-state index contributed by atoms with van der Waals surface area (Å²) in [4.78, 5) is 23.1. The van der Waals surface area contributed by atoms with E-state index < -0.39 is 5.60 Å². The zero-order valence-electron chi connectivity index (χ0n) is 8.75. The largest absolute Gasteiger partial charge is 0.390 e. The number of carbonyl (C=O) groups excluding carboxylic acids is 2. The molecule has 1 unspecified atom stereocenters. The molecule has 0 aromatic heterocycles. The van der Waals surface area contributed by atoms with Crippen molar-refractivity contribution in [3.63, 3.8) is 0 Å². The molecule has 0 amide bonds. The minimum Gasteiger partial charge on any atom is -0.390 e. The summed E-state index contributed by atoms with van der Waals surface area (Å²) in [5.74, 6) is -0.182. The van der Waals surface area contributed by atoms with Crippen LogP contribution in [0, 0.1) is 0 Å². The maximum Gasteiger partial charge on any atom is 0.182 e. The summed E-state index contributed by atoms with van der Waals surface area (Å²) in [6.07, 6.45) is 4.69. The van der Waals surface area contributed by atoms with Gasteiger partial charge in [-0.3, -0.25) is 9.59 Å². The molecule has 0 spiro atoms. The zero-order chi connectivity index (χ0) is 11.1. The van der Waals surface area contributed by atoms with Gasteiger partial charge in [-0.15, -0.1) is 0 Å². The highest BCUT2D eigenvalue weighted by Crippen LogP contribution is 2.37. The standard InChI is InChI=1S/C12H14O3/c1-2-12(15)6-5-8-9(7-12)11(14)4-3-10(8)13/h3-4,15H,2,5-7H2,1H3. The molecule has 0 saturated heterocycles. The second-order valence-corrected chi connectivity index (χ2v) is 4.27. The van der Waals surface area contributed by atoms with Gasteiger partial charge in [-0.1, -0.05) is 6.92 Å². The van der Waals surface area contributed by atoms with Crippen molar-refractivity contribution in [1.82, 2.24) is 0 Å². The number of ketones is 2. The van der Waals surface area contributed by atoms with E-state index in [2.05, 4.69) is 0 Å². The summed E-state index contributed by atoms with van der Waals surface area (Å²) in [7, 11) is 0. The molecule has 2 rings (SSSR count). The molecule has 1 N–H and O–H groups in total. The number of hydrogen-bond acceptors (Lipinski definition) is 3. The van der Waals surface area contributed by atoms with Gasteiger partial charge >= 0.3 is 0 Å². The average Bonchev–Trinajstić information content (AvgIpc) is 2.24. The molecule has 0 aromatic carbocycles. The van der Waals surface area contributed by atoms with Crippen molar-refractivity contribution in [2.45, 2.75) is 38.2 Å². The monoisotopic (exact) mass is 206 g/mol. The van der Waals surface area contributed by atoms with Crippen LogP contribution in [0.4, 0.5) is 0 Å². The molecule has 1 atom stereocenters. The Kier molecular flexibility index (Phi) is 2.35. The van der Waals surface area contributed by atoms with Gasteiger partial charge in [0.05, 0.1) is 5.60 Å². The minimum atomic E-state index is -0.792. The fourth-order valence-corrected chi connectivity index (χ4v) is 2.19. The molecule has 2 aliphatic carbocycles. The number of aliphatic hydroxyl groups is 1. The molecular weight excluding hydrogens is 192 g/mol. The molecule has 0 heterocycles. The molecule has 0 saturated carbocycles. The van der Waals surface area contributed by atoms with Gasteiger partial charge in [-0.25, -0.2) is 0 Å². The van der Waals surface area contributed by atoms with Crippen LogP contribution in [0.5, 0.6) is 0 Å². The van der Waals surface area contributed by atoms with E-state index in [0.29, 0.717) is 36.8 Å².